The molecule has 6 nitrogen and oxygen atoms in total. The molecule has 25 heavy (non-hydrogen) atoms. The second kappa shape index (κ2) is 6.06. The monoisotopic (exact) mass is 374 g/mol. The van der Waals surface area contributed by atoms with E-state index < -0.39 is 6.04 Å². The Hall–Kier alpha value is -2.57. The molecule has 8 heteroatoms. The van der Waals surface area contributed by atoms with Crippen molar-refractivity contribution in [3.63, 3.8) is 0 Å². The van der Waals surface area contributed by atoms with E-state index in [2.05, 4.69) is 15.6 Å². The van der Waals surface area contributed by atoms with E-state index in [0.717, 1.165) is 11.0 Å². The Labute approximate surface area is 152 Å². The molecule has 0 aliphatic carbocycles. The van der Waals surface area contributed by atoms with Crippen LogP contribution >= 0.6 is 23.2 Å². The summed E-state index contributed by atoms with van der Waals surface area (Å²) in [5, 5.41) is 6.03. The van der Waals surface area contributed by atoms with Gasteiger partial charge in [0.05, 0.1) is 33.2 Å². The van der Waals surface area contributed by atoms with Crippen molar-refractivity contribution in [2.45, 2.75) is 12.5 Å². The molecular weight excluding hydrogens is 363 g/mol. The number of fused-ring (bicyclic) bond motifs is 3. The summed E-state index contributed by atoms with van der Waals surface area (Å²) >= 11 is 12.0. The van der Waals surface area contributed by atoms with E-state index in [9.17, 15) is 9.59 Å². The smallest absolute Gasteiger partial charge is 0.250 e. The number of anilines is 2. The SMILES string of the molecule is O=C(C[C@H]1C(=O)Nc2nc3ccccc3n21)Nc1cccc(Cl)c1Cl. The van der Waals surface area contributed by atoms with Crippen molar-refractivity contribution >= 4 is 57.7 Å². The van der Waals surface area contributed by atoms with Crippen molar-refractivity contribution in [3.8, 4) is 0 Å². The van der Waals surface area contributed by atoms with Crippen LogP contribution in [0.4, 0.5) is 11.6 Å². The maximum Gasteiger partial charge on any atom is 0.250 e. The van der Waals surface area contributed by atoms with Crippen LogP contribution in [0.3, 0.4) is 0 Å². The number of carbonyl (C=O) groups is 2. The predicted molar refractivity (Wildman–Crippen MR) is 97.1 cm³/mol. The first kappa shape index (κ1) is 15.9. The summed E-state index contributed by atoms with van der Waals surface area (Å²) in [6, 6.07) is 11.8. The van der Waals surface area contributed by atoms with Crippen molar-refractivity contribution in [2.75, 3.05) is 10.6 Å². The molecule has 0 saturated heterocycles. The molecule has 1 atom stereocenters. The minimum atomic E-state index is -0.666. The number of carbonyl (C=O) groups excluding carboxylic acids is 2. The van der Waals surface area contributed by atoms with Crippen LogP contribution in [0.1, 0.15) is 12.5 Å². The third kappa shape index (κ3) is 2.73. The van der Waals surface area contributed by atoms with Crippen molar-refractivity contribution in [1.82, 2.24) is 9.55 Å². The normalized spacial score (nSPS) is 15.9. The van der Waals surface area contributed by atoms with Crippen molar-refractivity contribution in [3.05, 3.63) is 52.5 Å². The van der Waals surface area contributed by atoms with E-state index in [1.54, 1.807) is 22.8 Å². The average Bonchev–Trinajstić information content (AvgIpc) is 3.08. The van der Waals surface area contributed by atoms with Gasteiger partial charge in [0.25, 0.3) is 0 Å². The Morgan fingerprint density at radius 1 is 1.20 bits per heavy atom. The molecule has 2 amide bonds. The van der Waals surface area contributed by atoms with Gasteiger partial charge in [0.1, 0.15) is 6.04 Å². The maximum absolute atomic E-state index is 12.4. The average molecular weight is 375 g/mol. The third-order valence-electron chi connectivity index (χ3n) is 4.05. The van der Waals surface area contributed by atoms with E-state index >= 15 is 0 Å². The van der Waals surface area contributed by atoms with Gasteiger partial charge in [-0.1, -0.05) is 41.4 Å². The van der Waals surface area contributed by atoms with Crippen LogP contribution in [-0.2, 0) is 9.59 Å². The molecule has 1 aliphatic rings. The molecular formula is C17H12Cl2N4O2. The van der Waals surface area contributed by atoms with E-state index in [-0.39, 0.29) is 23.3 Å². The molecule has 0 radical (unpaired) electrons. The summed E-state index contributed by atoms with van der Waals surface area (Å²) in [7, 11) is 0. The highest BCUT2D eigenvalue weighted by Crippen LogP contribution is 2.33. The van der Waals surface area contributed by atoms with Gasteiger partial charge >= 0.3 is 0 Å². The fourth-order valence-corrected chi connectivity index (χ4v) is 3.27. The summed E-state index contributed by atoms with van der Waals surface area (Å²) in [5.41, 5.74) is 1.98. The van der Waals surface area contributed by atoms with Crippen LogP contribution in [0.5, 0.6) is 0 Å². The number of halogens is 2. The number of nitrogens with one attached hydrogen (secondary N) is 2. The molecule has 4 rings (SSSR count). The quantitative estimate of drug-likeness (QED) is 0.730. The molecule has 0 unspecified atom stereocenters. The third-order valence-corrected chi connectivity index (χ3v) is 4.87. The van der Waals surface area contributed by atoms with Crippen molar-refractivity contribution in [2.24, 2.45) is 0 Å². The first-order valence-electron chi connectivity index (χ1n) is 7.56. The Bertz CT molecular complexity index is 1020. The van der Waals surface area contributed by atoms with Crippen LogP contribution in [0.15, 0.2) is 42.5 Å². The number of hydrogen-bond acceptors (Lipinski definition) is 3. The van der Waals surface area contributed by atoms with E-state index in [0.29, 0.717) is 16.7 Å². The summed E-state index contributed by atoms with van der Waals surface area (Å²) < 4.78 is 1.75. The summed E-state index contributed by atoms with van der Waals surface area (Å²) in [6.45, 7) is 0. The van der Waals surface area contributed by atoms with Gasteiger partial charge in [0, 0.05) is 0 Å². The first-order chi connectivity index (χ1) is 12.0. The lowest BCUT2D eigenvalue weighted by Gasteiger charge is -2.13. The van der Waals surface area contributed by atoms with Crippen LogP contribution in [-0.4, -0.2) is 21.4 Å². The number of hydrogen-bond donors (Lipinski definition) is 2. The Morgan fingerprint density at radius 3 is 2.84 bits per heavy atom. The molecule has 0 spiro atoms. The first-order valence-corrected chi connectivity index (χ1v) is 8.32. The second-order valence-corrected chi connectivity index (χ2v) is 6.44. The lowest BCUT2D eigenvalue weighted by Crippen LogP contribution is -2.23. The van der Waals surface area contributed by atoms with Gasteiger partial charge < -0.3 is 5.32 Å². The molecule has 1 aliphatic heterocycles. The molecule has 2 N–H and O–H groups in total. The molecule has 0 bridgehead atoms. The maximum atomic E-state index is 12.4. The molecule has 2 aromatic carbocycles. The fourth-order valence-electron chi connectivity index (χ4n) is 2.92. The number of imidazole rings is 1. The van der Waals surface area contributed by atoms with Crippen LogP contribution in [0.25, 0.3) is 11.0 Å². The Morgan fingerprint density at radius 2 is 2.00 bits per heavy atom. The van der Waals surface area contributed by atoms with E-state index in [4.69, 9.17) is 23.2 Å². The summed E-state index contributed by atoms with van der Waals surface area (Å²) in [5.74, 6) is -0.152. The van der Waals surface area contributed by atoms with Gasteiger partial charge in [0.2, 0.25) is 17.8 Å². The molecule has 3 aromatic rings. The standard InChI is InChI=1S/C17H12Cl2N4O2/c18-9-4-3-6-11(15(9)19)20-14(24)8-13-16(25)22-17-21-10-5-1-2-7-12(10)23(13)17/h1-7,13H,8H2,(H,20,24)(H,21,22,25)/t13-/m0/s1. The van der Waals surface area contributed by atoms with Crippen LogP contribution < -0.4 is 10.6 Å². The zero-order chi connectivity index (χ0) is 17.6. The van der Waals surface area contributed by atoms with Gasteiger partial charge in [-0.05, 0) is 24.3 Å². The molecule has 0 fully saturated rings. The van der Waals surface area contributed by atoms with Gasteiger partial charge in [-0.25, -0.2) is 4.98 Å². The highest BCUT2D eigenvalue weighted by atomic mass is 35.5. The van der Waals surface area contributed by atoms with Gasteiger partial charge in [-0.15, -0.1) is 0 Å². The lowest BCUT2D eigenvalue weighted by molar-refractivity contribution is -0.123. The molecule has 0 saturated carbocycles. The zero-order valence-electron chi connectivity index (χ0n) is 12.8. The van der Waals surface area contributed by atoms with Gasteiger partial charge in [0.15, 0.2) is 0 Å². The van der Waals surface area contributed by atoms with Crippen molar-refractivity contribution < 1.29 is 9.59 Å². The second-order valence-electron chi connectivity index (χ2n) is 5.65. The Kier molecular flexibility index (Phi) is 3.86. The van der Waals surface area contributed by atoms with E-state index in [1.165, 1.54) is 0 Å². The lowest BCUT2D eigenvalue weighted by atomic mass is 10.1. The highest BCUT2D eigenvalue weighted by molar-refractivity contribution is 6.44. The number of nitrogens with zero attached hydrogens (tertiary/aromatic N) is 2. The van der Waals surface area contributed by atoms with Crippen LogP contribution in [0.2, 0.25) is 10.0 Å². The van der Waals surface area contributed by atoms with E-state index in [1.807, 2.05) is 24.3 Å². The zero-order valence-corrected chi connectivity index (χ0v) is 14.3. The highest BCUT2D eigenvalue weighted by Gasteiger charge is 2.34. The van der Waals surface area contributed by atoms with Gasteiger partial charge in [-0.3, -0.25) is 19.5 Å². The molecule has 1 aromatic heterocycles. The van der Waals surface area contributed by atoms with Gasteiger partial charge in [-0.2, -0.15) is 0 Å². The number of benzene rings is 2. The summed E-state index contributed by atoms with van der Waals surface area (Å²) in [4.78, 5) is 29.0. The topological polar surface area (TPSA) is 76.0 Å². The number of aromatic nitrogens is 2. The summed E-state index contributed by atoms with van der Waals surface area (Å²) in [6.07, 6.45) is -0.0397. The molecule has 126 valence electrons. The van der Waals surface area contributed by atoms with Crippen molar-refractivity contribution in [1.29, 1.82) is 0 Å². The minimum Gasteiger partial charge on any atom is -0.325 e. The number of para-hydroxylation sites is 2. The Balaban J connectivity index is 1.60. The predicted octanol–water partition coefficient (Wildman–Crippen LogP) is 3.87. The van der Waals surface area contributed by atoms with Crippen LogP contribution in [0, 0.1) is 0 Å². The largest absolute Gasteiger partial charge is 0.325 e. The minimum absolute atomic E-state index is 0.0397. The molecule has 2 heterocycles. The number of rotatable bonds is 3. The fraction of sp³-hybridized carbons (Fsp3) is 0.118. The number of amides is 2.